The van der Waals surface area contributed by atoms with Gasteiger partial charge in [0.25, 0.3) is 0 Å². The van der Waals surface area contributed by atoms with E-state index in [-0.39, 0.29) is 17.4 Å². The Balaban J connectivity index is 1.56. The zero-order valence-electron chi connectivity index (χ0n) is 17.4. The fourth-order valence-corrected chi connectivity index (χ4v) is 3.64. The molecule has 0 atom stereocenters. The summed E-state index contributed by atoms with van der Waals surface area (Å²) in [5.74, 6) is 0.560. The molecule has 0 spiro atoms. The van der Waals surface area contributed by atoms with Crippen LogP contribution >= 0.6 is 11.8 Å². The Labute approximate surface area is 183 Å². The Morgan fingerprint density at radius 3 is 2.42 bits per heavy atom. The quantitative estimate of drug-likeness (QED) is 0.459. The van der Waals surface area contributed by atoms with E-state index in [0.717, 1.165) is 11.3 Å². The van der Waals surface area contributed by atoms with E-state index in [0.29, 0.717) is 17.6 Å². The third-order valence-electron chi connectivity index (χ3n) is 4.56. The number of rotatable bonds is 9. The normalized spacial score (nSPS) is 11.2. The third-order valence-corrected chi connectivity index (χ3v) is 5.47. The molecule has 164 valence electrons. The lowest BCUT2D eigenvalue weighted by Crippen LogP contribution is -2.27. The smallest absolute Gasteiger partial charge is 0.387 e. The zero-order chi connectivity index (χ0) is 22.4. The van der Waals surface area contributed by atoms with Crippen LogP contribution in [-0.4, -0.2) is 50.4 Å². The fourth-order valence-electron chi connectivity index (χ4n) is 2.81. The van der Waals surface area contributed by atoms with E-state index in [1.807, 2.05) is 24.3 Å². The number of carbonyl (C=O) groups excluding carboxylic acids is 1. The van der Waals surface area contributed by atoms with Gasteiger partial charge in [-0.05, 0) is 51.7 Å². The zero-order valence-corrected chi connectivity index (χ0v) is 18.2. The molecule has 1 aromatic heterocycles. The summed E-state index contributed by atoms with van der Waals surface area (Å²) in [5.41, 5.74) is 2.85. The first-order chi connectivity index (χ1) is 14.8. The molecule has 0 saturated heterocycles. The Hall–Kier alpha value is -3.01. The lowest BCUT2D eigenvalue weighted by molar-refractivity contribution is -0.127. The van der Waals surface area contributed by atoms with Crippen molar-refractivity contribution in [2.24, 2.45) is 0 Å². The first kappa shape index (κ1) is 22.7. The number of benzene rings is 2. The van der Waals surface area contributed by atoms with Gasteiger partial charge < -0.3 is 9.64 Å². The molecule has 3 rings (SSSR count). The summed E-state index contributed by atoms with van der Waals surface area (Å²) in [5, 5.41) is 12.3. The molecule has 7 nitrogen and oxygen atoms in total. The van der Waals surface area contributed by atoms with Gasteiger partial charge in [-0.15, -0.1) is 5.10 Å². The predicted molar refractivity (Wildman–Crippen MR) is 114 cm³/mol. The predicted octanol–water partition coefficient (Wildman–Crippen LogP) is 4.14. The summed E-state index contributed by atoms with van der Waals surface area (Å²) in [6.45, 7) is 1.73. The number of tetrazole rings is 1. The summed E-state index contributed by atoms with van der Waals surface area (Å²) >= 11 is 1.25. The number of aromatic nitrogens is 4. The molecule has 0 radical (unpaired) electrons. The van der Waals surface area contributed by atoms with Crippen molar-refractivity contribution in [3.63, 3.8) is 0 Å². The largest absolute Gasteiger partial charge is 0.435 e. The summed E-state index contributed by atoms with van der Waals surface area (Å²) in [6, 6.07) is 14.2. The lowest BCUT2D eigenvalue weighted by atomic mass is 10.0. The number of carbonyl (C=O) groups is 1. The van der Waals surface area contributed by atoms with E-state index in [9.17, 15) is 13.6 Å². The monoisotopic (exact) mass is 447 g/mol. The van der Waals surface area contributed by atoms with Gasteiger partial charge in [-0.2, -0.15) is 13.5 Å². The van der Waals surface area contributed by atoms with Crippen LogP contribution < -0.4 is 4.74 Å². The standard InChI is InChI=1S/C21H23F2N5O2S/c1-14(2)16-6-8-17(9-7-16)28-21(24-25-26-28)31-13-19(29)27(3)12-15-4-10-18(11-5-15)30-20(22)23/h4-11,14,20H,12-13H2,1-3H3. The molecular weight excluding hydrogens is 424 g/mol. The first-order valence-corrected chi connectivity index (χ1v) is 10.6. The number of ether oxygens (including phenoxy) is 1. The van der Waals surface area contributed by atoms with Crippen LogP contribution in [0.2, 0.25) is 0 Å². The van der Waals surface area contributed by atoms with Crippen LogP contribution in [0.4, 0.5) is 8.78 Å². The van der Waals surface area contributed by atoms with Crippen molar-refractivity contribution in [1.82, 2.24) is 25.1 Å². The molecule has 0 unspecified atom stereocenters. The van der Waals surface area contributed by atoms with Crippen LogP contribution in [0.1, 0.15) is 30.9 Å². The third kappa shape index (κ3) is 6.24. The summed E-state index contributed by atoms with van der Waals surface area (Å²) in [4.78, 5) is 14.1. The van der Waals surface area contributed by atoms with Crippen LogP contribution in [0.5, 0.6) is 5.75 Å². The van der Waals surface area contributed by atoms with Gasteiger partial charge in [0.2, 0.25) is 11.1 Å². The van der Waals surface area contributed by atoms with E-state index >= 15 is 0 Å². The van der Waals surface area contributed by atoms with E-state index in [1.165, 1.54) is 29.5 Å². The second-order valence-corrected chi connectivity index (χ2v) is 8.12. The topological polar surface area (TPSA) is 73.1 Å². The molecule has 1 amide bonds. The highest BCUT2D eigenvalue weighted by molar-refractivity contribution is 7.99. The average molecular weight is 448 g/mol. The van der Waals surface area contributed by atoms with E-state index < -0.39 is 6.61 Å². The van der Waals surface area contributed by atoms with Crippen molar-refractivity contribution in [1.29, 1.82) is 0 Å². The molecule has 0 aliphatic heterocycles. The maximum atomic E-state index is 12.5. The van der Waals surface area contributed by atoms with Gasteiger partial charge in [-0.25, -0.2) is 0 Å². The lowest BCUT2D eigenvalue weighted by Gasteiger charge is -2.17. The molecule has 0 N–H and O–H groups in total. The summed E-state index contributed by atoms with van der Waals surface area (Å²) < 4.78 is 30.4. The van der Waals surface area contributed by atoms with Gasteiger partial charge in [-0.3, -0.25) is 4.79 Å². The van der Waals surface area contributed by atoms with Crippen molar-refractivity contribution in [2.75, 3.05) is 12.8 Å². The highest BCUT2D eigenvalue weighted by Gasteiger charge is 2.15. The molecule has 3 aromatic rings. The van der Waals surface area contributed by atoms with Crippen molar-refractivity contribution >= 4 is 17.7 Å². The molecule has 31 heavy (non-hydrogen) atoms. The minimum Gasteiger partial charge on any atom is -0.435 e. The number of alkyl halides is 2. The minimum atomic E-state index is -2.86. The number of amides is 1. The van der Waals surface area contributed by atoms with Crippen LogP contribution in [0.15, 0.2) is 53.7 Å². The molecule has 0 aliphatic rings. The fraction of sp³-hybridized carbons (Fsp3) is 0.333. The summed E-state index contributed by atoms with van der Waals surface area (Å²) in [6.07, 6.45) is 0. The van der Waals surface area contributed by atoms with E-state index in [2.05, 4.69) is 34.1 Å². The number of hydrogen-bond donors (Lipinski definition) is 0. The Bertz CT molecular complexity index is 994. The van der Waals surface area contributed by atoms with Crippen LogP contribution in [0.25, 0.3) is 5.69 Å². The van der Waals surface area contributed by atoms with E-state index in [4.69, 9.17) is 0 Å². The van der Waals surface area contributed by atoms with Crippen LogP contribution in [0.3, 0.4) is 0 Å². The van der Waals surface area contributed by atoms with Crippen molar-refractivity contribution < 1.29 is 18.3 Å². The highest BCUT2D eigenvalue weighted by Crippen LogP contribution is 2.21. The molecule has 1 heterocycles. The second kappa shape index (κ2) is 10.3. The van der Waals surface area contributed by atoms with Crippen molar-refractivity contribution in [2.45, 2.75) is 38.1 Å². The Morgan fingerprint density at radius 1 is 1.13 bits per heavy atom. The van der Waals surface area contributed by atoms with Gasteiger partial charge in [0.15, 0.2) is 0 Å². The van der Waals surface area contributed by atoms with Crippen LogP contribution in [0, 0.1) is 0 Å². The van der Waals surface area contributed by atoms with Gasteiger partial charge in [-0.1, -0.05) is 49.9 Å². The first-order valence-electron chi connectivity index (χ1n) is 9.62. The molecule has 10 heteroatoms. The molecule has 2 aromatic carbocycles. The summed E-state index contributed by atoms with van der Waals surface area (Å²) in [7, 11) is 1.68. The SMILES string of the molecule is CC(C)c1ccc(-n2nnnc2SCC(=O)N(C)Cc2ccc(OC(F)F)cc2)cc1. The molecule has 0 saturated carbocycles. The average Bonchev–Trinajstić information content (AvgIpc) is 3.21. The van der Waals surface area contributed by atoms with Crippen molar-refractivity contribution in [3.05, 3.63) is 59.7 Å². The van der Waals surface area contributed by atoms with Crippen LogP contribution in [-0.2, 0) is 11.3 Å². The Morgan fingerprint density at radius 2 is 1.81 bits per heavy atom. The molecule has 0 bridgehead atoms. The maximum Gasteiger partial charge on any atom is 0.387 e. The second-order valence-electron chi connectivity index (χ2n) is 7.18. The van der Waals surface area contributed by atoms with Crippen molar-refractivity contribution in [3.8, 4) is 11.4 Å². The Kier molecular flexibility index (Phi) is 7.56. The number of thioether (sulfide) groups is 1. The minimum absolute atomic E-state index is 0.0801. The molecular formula is C21H23F2N5O2S. The highest BCUT2D eigenvalue weighted by atomic mass is 32.2. The van der Waals surface area contributed by atoms with Gasteiger partial charge in [0.1, 0.15) is 5.75 Å². The van der Waals surface area contributed by atoms with Gasteiger partial charge in [0, 0.05) is 13.6 Å². The number of halogens is 2. The van der Waals surface area contributed by atoms with Gasteiger partial charge in [0.05, 0.1) is 11.4 Å². The number of nitrogens with zero attached hydrogens (tertiary/aromatic N) is 5. The van der Waals surface area contributed by atoms with E-state index in [1.54, 1.807) is 28.8 Å². The maximum absolute atomic E-state index is 12.5. The molecule has 0 fully saturated rings. The number of hydrogen-bond acceptors (Lipinski definition) is 6. The van der Waals surface area contributed by atoms with Gasteiger partial charge >= 0.3 is 6.61 Å². The molecule has 0 aliphatic carbocycles.